The molecule has 1 unspecified atom stereocenters. The molecule has 1 atom stereocenters. The number of hydrogen-bond acceptors (Lipinski definition) is 3. The highest BCUT2D eigenvalue weighted by atomic mass is 16.5. The van der Waals surface area contributed by atoms with Gasteiger partial charge in [-0.05, 0) is 43.9 Å². The van der Waals surface area contributed by atoms with Gasteiger partial charge in [-0.15, -0.1) is 0 Å². The third kappa shape index (κ3) is 3.72. The maximum absolute atomic E-state index is 8.92. The maximum Gasteiger partial charge on any atom is 0.122 e. The number of aryl methyl sites for hydroxylation is 1. The van der Waals surface area contributed by atoms with E-state index in [9.17, 15) is 0 Å². The van der Waals surface area contributed by atoms with Gasteiger partial charge in [-0.3, -0.25) is 4.90 Å². The number of aliphatic hydroxyl groups is 1. The lowest BCUT2D eigenvalue weighted by atomic mass is 10.1. The van der Waals surface area contributed by atoms with E-state index in [0.29, 0.717) is 12.5 Å². The molecule has 2 rings (SSSR count). The number of ether oxygens (including phenoxy) is 1. The molecule has 0 bridgehead atoms. The first kappa shape index (κ1) is 13.4. The molecule has 1 N–H and O–H groups in total. The summed E-state index contributed by atoms with van der Waals surface area (Å²) in [5.41, 5.74) is 1.19. The molecule has 0 radical (unpaired) electrons. The molecule has 1 heterocycles. The smallest absolute Gasteiger partial charge is 0.122 e. The summed E-state index contributed by atoms with van der Waals surface area (Å²) < 4.78 is 5.80. The van der Waals surface area contributed by atoms with Gasteiger partial charge in [0.2, 0.25) is 0 Å². The molecule has 1 fully saturated rings. The van der Waals surface area contributed by atoms with Crippen LogP contribution in [0.5, 0.6) is 5.75 Å². The molecule has 0 aliphatic carbocycles. The minimum Gasteiger partial charge on any atom is -0.492 e. The zero-order chi connectivity index (χ0) is 12.8. The van der Waals surface area contributed by atoms with Gasteiger partial charge in [0.25, 0.3) is 0 Å². The number of benzene rings is 1. The fourth-order valence-electron chi connectivity index (χ4n) is 2.54. The largest absolute Gasteiger partial charge is 0.492 e. The second kappa shape index (κ2) is 6.76. The van der Waals surface area contributed by atoms with Crippen molar-refractivity contribution in [2.45, 2.75) is 19.8 Å². The predicted octanol–water partition coefficient (Wildman–Crippen LogP) is 2.08. The van der Waals surface area contributed by atoms with Crippen molar-refractivity contribution in [3.63, 3.8) is 0 Å². The van der Waals surface area contributed by atoms with Gasteiger partial charge in [0.15, 0.2) is 0 Å². The van der Waals surface area contributed by atoms with Crippen molar-refractivity contribution < 1.29 is 9.84 Å². The van der Waals surface area contributed by atoms with Crippen molar-refractivity contribution in [1.82, 2.24) is 4.90 Å². The summed E-state index contributed by atoms with van der Waals surface area (Å²) >= 11 is 0. The van der Waals surface area contributed by atoms with Crippen molar-refractivity contribution in [3.8, 4) is 5.75 Å². The zero-order valence-corrected chi connectivity index (χ0v) is 11.1. The van der Waals surface area contributed by atoms with Gasteiger partial charge >= 0.3 is 0 Å². The Labute approximate surface area is 109 Å². The monoisotopic (exact) mass is 249 g/mol. The highest BCUT2D eigenvalue weighted by molar-refractivity contribution is 5.31. The summed E-state index contributed by atoms with van der Waals surface area (Å²) in [7, 11) is 0. The van der Waals surface area contributed by atoms with Gasteiger partial charge in [0.05, 0.1) is 0 Å². The molecule has 1 aliphatic heterocycles. The molecule has 1 aliphatic rings. The first-order valence-electron chi connectivity index (χ1n) is 6.81. The van der Waals surface area contributed by atoms with Gasteiger partial charge < -0.3 is 9.84 Å². The Morgan fingerprint density at radius 3 is 3.00 bits per heavy atom. The van der Waals surface area contributed by atoms with Crippen LogP contribution in [-0.2, 0) is 0 Å². The number of para-hydroxylation sites is 1. The first-order valence-corrected chi connectivity index (χ1v) is 6.81. The molecular weight excluding hydrogens is 226 g/mol. The fourth-order valence-corrected chi connectivity index (χ4v) is 2.54. The SMILES string of the molecule is Cc1ccccc1OCCN1CCC(CCO)C1. The van der Waals surface area contributed by atoms with Crippen molar-refractivity contribution in [3.05, 3.63) is 29.8 Å². The van der Waals surface area contributed by atoms with Gasteiger partial charge in [0.1, 0.15) is 12.4 Å². The van der Waals surface area contributed by atoms with Gasteiger partial charge in [-0.25, -0.2) is 0 Å². The molecule has 1 saturated heterocycles. The van der Waals surface area contributed by atoms with Gasteiger partial charge in [-0.2, -0.15) is 0 Å². The normalized spacial score (nSPS) is 20.2. The summed E-state index contributed by atoms with van der Waals surface area (Å²) in [5.74, 6) is 1.66. The molecule has 0 aromatic heterocycles. The Morgan fingerprint density at radius 2 is 2.22 bits per heavy atom. The van der Waals surface area contributed by atoms with Crippen LogP contribution in [-0.4, -0.2) is 42.9 Å². The first-order chi connectivity index (χ1) is 8.79. The minimum absolute atomic E-state index is 0.318. The molecular formula is C15H23NO2. The van der Waals surface area contributed by atoms with Crippen LogP contribution in [0.4, 0.5) is 0 Å². The van der Waals surface area contributed by atoms with Crippen LogP contribution in [0.1, 0.15) is 18.4 Å². The van der Waals surface area contributed by atoms with E-state index < -0.39 is 0 Å². The van der Waals surface area contributed by atoms with Crippen LogP contribution in [0.15, 0.2) is 24.3 Å². The van der Waals surface area contributed by atoms with Crippen LogP contribution < -0.4 is 4.74 Å². The Hall–Kier alpha value is -1.06. The molecule has 3 nitrogen and oxygen atoms in total. The summed E-state index contributed by atoms with van der Waals surface area (Å²) in [6, 6.07) is 8.13. The van der Waals surface area contributed by atoms with Crippen molar-refractivity contribution in [2.75, 3.05) is 32.8 Å². The van der Waals surface area contributed by atoms with E-state index in [4.69, 9.17) is 9.84 Å². The summed E-state index contributed by atoms with van der Waals surface area (Å²) in [5, 5.41) is 8.92. The number of likely N-dealkylation sites (tertiary alicyclic amines) is 1. The van der Waals surface area contributed by atoms with Crippen molar-refractivity contribution >= 4 is 0 Å². The predicted molar refractivity (Wildman–Crippen MR) is 72.9 cm³/mol. The summed E-state index contributed by atoms with van der Waals surface area (Å²) in [6.07, 6.45) is 2.15. The quantitative estimate of drug-likeness (QED) is 0.838. The van der Waals surface area contributed by atoms with E-state index in [1.54, 1.807) is 0 Å². The summed E-state index contributed by atoms with van der Waals surface area (Å²) in [6.45, 7) is 6.37. The molecule has 0 amide bonds. The Kier molecular flexibility index (Phi) is 5.02. The molecule has 0 spiro atoms. The molecule has 0 saturated carbocycles. The third-order valence-corrected chi connectivity index (χ3v) is 3.67. The van der Waals surface area contributed by atoms with Gasteiger partial charge in [0, 0.05) is 19.7 Å². The van der Waals surface area contributed by atoms with E-state index >= 15 is 0 Å². The molecule has 3 heteroatoms. The Balaban J connectivity index is 1.69. The molecule has 1 aromatic carbocycles. The number of hydrogen-bond donors (Lipinski definition) is 1. The average molecular weight is 249 g/mol. The van der Waals surface area contributed by atoms with Crippen LogP contribution in [0, 0.1) is 12.8 Å². The lowest BCUT2D eigenvalue weighted by Gasteiger charge is -2.16. The van der Waals surface area contributed by atoms with Crippen molar-refractivity contribution in [2.24, 2.45) is 5.92 Å². The van der Waals surface area contributed by atoms with Crippen LogP contribution in [0.3, 0.4) is 0 Å². The summed E-state index contributed by atoms with van der Waals surface area (Å²) in [4.78, 5) is 2.43. The van der Waals surface area contributed by atoms with E-state index in [2.05, 4.69) is 17.9 Å². The Bertz CT molecular complexity index is 367. The average Bonchev–Trinajstić information content (AvgIpc) is 2.80. The lowest BCUT2D eigenvalue weighted by Crippen LogP contribution is -2.26. The topological polar surface area (TPSA) is 32.7 Å². The standard InChI is InChI=1S/C15H23NO2/c1-13-4-2-3-5-15(13)18-11-9-16-8-6-14(12-16)7-10-17/h2-5,14,17H,6-12H2,1H3. The number of aliphatic hydroxyl groups excluding tert-OH is 1. The van der Waals surface area contributed by atoms with Crippen LogP contribution in [0.25, 0.3) is 0 Å². The van der Waals surface area contributed by atoms with Gasteiger partial charge in [-0.1, -0.05) is 18.2 Å². The zero-order valence-electron chi connectivity index (χ0n) is 11.1. The molecule has 18 heavy (non-hydrogen) atoms. The number of rotatable bonds is 6. The second-order valence-electron chi connectivity index (χ2n) is 5.08. The molecule has 100 valence electrons. The maximum atomic E-state index is 8.92. The second-order valence-corrected chi connectivity index (χ2v) is 5.08. The Morgan fingerprint density at radius 1 is 1.39 bits per heavy atom. The van der Waals surface area contributed by atoms with E-state index in [1.807, 2.05) is 18.2 Å². The van der Waals surface area contributed by atoms with E-state index in [1.165, 1.54) is 12.0 Å². The van der Waals surface area contributed by atoms with Crippen molar-refractivity contribution in [1.29, 1.82) is 0 Å². The highest BCUT2D eigenvalue weighted by Crippen LogP contribution is 2.19. The molecule has 1 aromatic rings. The van der Waals surface area contributed by atoms with E-state index in [0.717, 1.165) is 38.4 Å². The van der Waals surface area contributed by atoms with Crippen LogP contribution >= 0.6 is 0 Å². The van der Waals surface area contributed by atoms with E-state index in [-0.39, 0.29) is 0 Å². The minimum atomic E-state index is 0.318. The fraction of sp³-hybridized carbons (Fsp3) is 0.600. The highest BCUT2D eigenvalue weighted by Gasteiger charge is 2.21. The lowest BCUT2D eigenvalue weighted by molar-refractivity contribution is 0.222. The third-order valence-electron chi connectivity index (χ3n) is 3.67. The van der Waals surface area contributed by atoms with Crippen LogP contribution in [0.2, 0.25) is 0 Å². The number of nitrogens with zero attached hydrogens (tertiary/aromatic N) is 1.